The minimum absolute atomic E-state index is 0.0167. The second kappa shape index (κ2) is 6.81. The van der Waals surface area contributed by atoms with Gasteiger partial charge in [0.2, 0.25) is 0 Å². The molecule has 0 bridgehead atoms. The summed E-state index contributed by atoms with van der Waals surface area (Å²) in [6.45, 7) is 3.34. The van der Waals surface area contributed by atoms with Crippen LogP contribution in [0.2, 0.25) is 10.0 Å². The Hall–Kier alpha value is -1.46. The number of hydrogen-bond acceptors (Lipinski definition) is 2. The number of carbonyl (C=O) groups is 2. The Morgan fingerprint density at radius 1 is 1.35 bits per heavy atom. The Bertz CT molecular complexity index is 522. The lowest BCUT2D eigenvalue weighted by Gasteiger charge is -2.23. The van der Waals surface area contributed by atoms with E-state index in [1.165, 1.54) is 0 Å². The van der Waals surface area contributed by atoms with Crippen LogP contribution < -0.4 is 10.6 Å². The van der Waals surface area contributed by atoms with Crippen LogP contribution in [0.5, 0.6) is 0 Å². The maximum absolute atomic E-state index is 11.7. The van der Waals surface area contributed by atoms with Crippen LogP contribution in [0.1, 0.15) is 20.3 Å². The molecule has 1 rings (SSSR count). The van der Waals surface area contributed by atoms with E-state index < -0.39 is 17.4 Å². The smallest absolute Gasteiger partial charge is 0.319 e. The van der Waals surface area contributed by atoms with Crippen molar-refractivity contribution in [2.24, 2.45) is 5.41 Å². The summed E-state index contributed by atoms with van der Waals surface area (Å²) >= 11 is 11.8. The average molecular weight is 319 g/mol. The number of carboxylic acids is 1. The summed E-state index contributed by atoms with van der Waals surface area (Å²) in [5, 5.41) is 14.7. The highest BCUT2D eigenvalue weighted by atomic mass is 35.5. The lowest BCUT2D eigenvalue weighted by molar-refractivity contribution is -0.147. The summed E-state index contributed by atoms with van der Waals surface area (Å²) in [5.41, 5.74) is -0.639. The number of amides is 2. The van der Waals surface area contributed by atoms with Crippen LogP contribution in [0, 0.1) is 5.41 Å². The quantitative estimate of drug-likeness (QED) is 0.775. The highest BCUT2D eigenvalue weighted by Crippen LogP contribution is 2.29. The summed E-state index contributed by atoms with van der Waals surface area (Å²) in [7, 11) is 0. The van der Waals surface area contributed by atoms with Crippen molar-refractivity contribution in [1.82, 2.24) is 5.32 Å². The molecular formula is C13H16Cl2N2O3. The Morgan fingerprint density at radius 2 is 2.00 bits per heavy atom. The van der Waals surface area contributed by atoms with Crippen molar-refractivity contribution in [3.8, 4) is 0 Å². The van der Waals surface area contributed by atoms with E-state index in [9.17, 15) is 9.59 Å². The molecule has 5 nitrogen and oxygen atoms in total. The van der Waals surface area contributed by atoms with Gasteiger partial charge in [-0.25, -0.2) is 4.79 Å². The van der Waals surface area contributed by atoms with Gasteiger partial charge >= 0.3 is 12.0 Å². The fourth-order valence-corrected chi connectivity index (χ4v) is 1.74. The Kier molecular flexibility index (Phi) is 5.65. The summed E-state index contributed by atoms with van der Waals surface area (Å²) in [4.78, 5) is 22.9. The number of carboxylic acid groups (broad SMARTS) is 1. The normalized spacial score (nSPS) is 13.4. The number of hydrogen-bond donors (Lipinski definition) is 3. The average Bonchev–Trinajstić information content (AvgIpc) is 2.41. The molecule has 0 aliphatic rings. The van der Waals surface area contributed by atoms with E-state index >= 15 is 0 Å². The van der Waals surface area contributed by atoms with Crippen LogP contribution in [0.15, 0.2) is 18.2 Å². The molecule has 1 aromatic rings. The highest BCUT2D eigenvalue weighted by Gasteiger charge is 2.31. The van der Waals surface area contributed by atoms with Crippen molar-refractivity contribution >= 4 is 40.9 Å². The summed E-state index contributed by atoms with van der Waals surface area (Å²) in [6.07, 6.45) is 0.403. The Morgan fingerprint density at radius 3 is 2.55 bits per heavy atom. The first kappa shape index (κ1) is 16.6. The van der Waals surface area contributed by atoms with Crippen LogP contribution in [0.4, 0.5) is 10.5 Å². The molecule has 20 heavy (non-hydrogen) atoms. The first-order valence-electron chi connectivity index (χ1n) is 6.02. The second-order valence-corrected chi connectivity index (χ2v) is 5.41. The molecule has 110 valence electrons. The van der Waals surface area contributed by atoms with Gasteiger partial charge in [0, 0.05) is 6.54 Å². The molecule has 1 atom stereocenters. The lowest BCUT2D eigenvalue weighted by Crippen LogP contribution is -2.42. The molecule has 1 aromatic carbocycles. The van der Waals surface area contributed by atoms with Crippen LogP contribution in [-0.4, -0.2) is 23.7 Å². The number of rotatable bonds is 5. The zero-order valence-electron chi connectivity index (χ0n) is 11.2. The van der Waals surface area contributed by atoms with E-state index in [-0.39, 0.29) is 11.6 Å². The molecule has 0 saturated heterocycles. The third kappa shape index (κ3) is 4.02. The summed E-state index contributed by atoms with van der Waals surface area (Å²) in [6, 6.07) is 4.32. The Balaban J connectivity index is 2.65. The van der Waals surface area contributed by atoms with Gasteiger partial charge in [0.15, 0.2) is 0 Å². The van der Waals surface area contributed by atoms with Crippen molar-refractivity contribution in [3.05, 3.63) is 28.2 Å². The van der Waals surface area contributed by atoms with E-state index in [0.29, 0.717) is 17.1 Å². The predicted octanol–water partition coefficient (Wildman–Crippen LogP) is 3.62. The van der Waals surface area contributed by atoms with Crippen molar-refractivity contribution in [2.45, 2.75) is 20.3 Å². The Labute approximate surface area is 127 Å². The third-order valence-corrected chi connectivity index (χ3v) is 3.95. The number of carbonyl (C=O) groups excluding carboxylic acids is 1. The second-order valence-electron chi connectivity index (χ2n) is 4.63. The van der Waals surface area contributed by atoms with E-state index in [4.69, 9.17) is 28.3 Å². The largest absolute Gasteiger partial charge is 0.481 e. The topological polar surface area (TPSA) is 78.4 Å². The molecular weight excluding hydrogens is 303 g/mol. The number of aliphatic carboxylic acids is 1. The number of benzene rings is 1. The molecule has 0 fully saturated rings. The van der Waals surface area contributed by atoms with Gasteiger partial charge in [-0.2, -0.15) is 0 Å². The van der Waals surface area contributed by atoms with Gasteiger partial charge in [-0.3, -0.25) is 4.79 Å². The molecule has 0 aromatic heterocycles. The number of halogens is 2. The maximum atomic E-state index is 11.7. The predicted molar refractivity (Wildman–Crippen MR) is 79.5 cm³/mol. The van der Waals surface area contributed by atoms with Crippen LogP contribution in [0.25, 0.3) is 0 Å². The van der Waals surface area contributed by atoms with E-state index in [0.717, 1.165) is 0 Å². The fourth-order valence-electron chi connectivity index (χ4n) is 1.39. The van der Waals surface area contributed by atoms with E-state index in [2.05, 4.69) is 10.6 Å². The molecule has 1 unspecified atom stereocenters. The van der Waals surface area contributed by atoms with Gasteiger partial charge < -0.3 is 15.7 Å². The van der Waals surface area contributed by atoms with Crippen molar-refractivity contribution in [1.29, 1.82) is 0 Å². The van der Waals surface area contributed by atoms with Gasteiger partial charge in [-0.1, -0.05) is 36.2 Å². The molecule has 0 heterocycles. The van der Waals surface area contributed by atoms with Crippen LogP contribution in [0.3, 0.4) is 0 Å². The molecule has 0 aliphatic carbocycles. The van der Waals surface area contributed by atoms with Crippen LogP contribution >= 0.6 is 23.2 Å². The minimum atomic E-state index is -1.00. The van der Waals surface area contributed by atoms with Gasteiger partial charge in [0.05, 0.1) is 21.1 Å². The summed E-state index contributed by atoms with van der Waals surface area (Å²) in [5.74, 6) is -0.957. The number of anilines is 1. The number of nitrogens with one attached hydrogen (secondary N) is 2. The maximum Gasteiger partial charge on any atom is 0.319 e. The summed E-state index contributed by atoms with van der Waals surface area (Å²) < 4.78 is 0. The van der Waals surface area contributed by atoms with Crippen molar-refractivity contribution in [3.63, 3.8) is 0 Å². The first-order valence-corrected chi connectivity index (χ1v) is 6.78. The van der Waals surface area contributed by atoms with Crippen LogP contribution in [-0.2, 0) is 4.79 Å². The van der Waals surface area contributed by atoms with Crippen molar-refractivity contribution < 1.29 is 14.7 Å². The van der Waals surface area contributed by atoms with Crippen molar-refractivity contribution in [2.75, 3.05) is 11.9 Å². The van der Waals surface area contributed by atoms with E-state index in [1.807, 2.05) is 0 Å². The molecule has 0 saturated carbocycles. The monoisotopic (exact) mass is 318 g/mol. The van der Waals surface area contributed by atoms with Gasteiger partial charge in [-0.15, -0.1) is 0 Å². The minimum Gasteiger partial charge on any atom is -0.481 e. The molecule has 0 aliphatic heterocycles. The SMILES string of the molecule is CCC(C)(CNC(=O)Nc1cccc(Cl)c1Cl)C(=O)O. The van der Waals surface area contributed by atoms with E-state index in [1.54, 1.807) is 32.0 Å². The van der Waals surface area contributed by atoms with Gasteiger partial charge in [0.25, 0.3) is 0 Å². The molecule has 3 N–H and O–H groups in total. The zero-order chi connectivity index (χ0) is 15.3. The number of urea groups is 1. The molecule has 0 radical (unpaired) electrons. The molecule has 0 spiro atoms. The standard InChI is InChI=1S/C13H16Cl2N2O3/c1-3-13(2,11(18)19)7-16-12(20)17-9-6-4-5-8(14)10(9)15/h4-6H,3,7H2,1-2H3,(H,18,19)(H2,16,17,20). The lowest BCUT2D eigenvalue weighted by atomic mass is 9.88. The van der Waals surface area contributed by atoms with Gasteiger partial charge in [0.1, 0.15) is 0 Å². The zero-order valence-corrected chi connectivity index (χ0v) is 12.7. The molecule has 2 amide bonds. The van der Waals surface area contributed by atoms with Gasteiger partial charge in [-0.05, 0) is 25.5 Å². The fraction of sp³-hybridized carbons (Fsp3) is 0.385. The third-order valence-electron chi connectivity index (χ3n) is 3.14. The molecule has 7 heteroatoms. The first-order chi connectivity index (χ1) is 9.30. The highest BCUT2D eigenvalue weighted by molar-refractivity contribution is 6.43.